The van der Waals surface area contributed by atoms with Gasteiger partial charge < -0.3 is 9.84 Å². The number of carbonyl (C=O) groups excluding carboxylic acids is 1. The fraction of sp³-hybridized carbons (Fsp3) is 0.222. The molecule has 2 atom stereocenters. The Morgan fingerprint density at radius 3 is 3.00 bits per heavy atom. The molecule has 0 aromatic carbocycles. The van der Waals surface area contributed by atoms with Crippen molar-refractivity contribution in [2.45, 2.75) is 12.2 Å². The van der Waals surface area contributed by atoms with Crippen LogP contribution in [0.15, 0.2) is 29.7 Å². The smallest absolute Gasteiger partial charge is 0.331 e. The molecule has 0 saturated carbocycles. The van der Waals surface area contributed by atoms with Gasteiger partial charge in [0.2, 0.25) is 0 Å². The molecule has 4 heteroatoms. The minimum absolute atomic E-state index is 0.388. The van der Waals surface area contributed by atoms with E-state index in [-0.39, 0.29) is 5.97 Å². The van der Waals surface area contributed by atoms with E-state index in [1.807, 2.05) is 17.5 Å². The van der Waals surface area contributed by atoms with E-state index >= 15 is 0 Å². The van der Waals surface area contributed by atoms with Crippen molar-refractivity contribution in [3.63, 3.8) is 0 Å². The Morgan fingerprint density at radius 1 is 1.62 bits per heavy atom. The first-order valence-electron chi connectivity index (χ1n) is 3.87. The fourth-order valence-corrected chi connectivity index (χ4v) is 1.92. The Hall–Kier alpha value is -1.13. The predicted octanol–water partition coefficient (Wildman–Crippen LogP) is 1.26. The second kappa shape index (κ2) is 3.32. The number of cyclic esters (lactones) is 1. The molecule has 0 radical (unpaired) electrons. The molecule has 0 amide bonds. The number of aliphatic hydroxyl groups is 1. The molecule has 1 aromatic rings. The summed E-state index contributed by atoms with van der Waals surface area (Å²) < 4.78 is 4.85. The zero-order chi connectivity index (χ0) is 9.26. The number of thiophene rings is 1. The van der Waals surface area contributed by atoms with Crippen molar-refractivity contribution < 1.29 is 14.6 Å². The Labute approximate surface area is 79.3 Å². The molecule has 0 bridgehead atoms. The van der Waals surface area contributed by atoms with Gasteiger partial charge in [-0.25, -0.2) is 4.79 Å². The second-order valence-electron chi connectivity index (χ2n) is 2.72. The maximum Gasteiger partial charge on any atom is 0.331 e. The average molecular weight is 196 g/mol. The van der Waals surface area contributed by atoms with Gasteiger partial charge in [-0.3, -0.25) is 0 Å². The molecule has 0 spiro atoms. The maximum absolute atomic E-state index is 10.7. The molecule has 1 aliphatic heterocycles. The molecule has 0 saturated heterocycles. The van der Waals surface area contributed by atoms with Crippen LogP contribution in [0, 0.1) is 0 Å². The lowest BCUT2D eigenvalue weighted by molar-refractivity contribution is -0.142. The van der Waals surface area contributed by atoms with Crippen molar-refractivity contribution in [3.05, 3.63) is 34.5 Å². The van der Waals surface area contributed by atoms with Gasteiger partial charge in [0.15, 0.2) is 6.10 Å². The van der Waals surface area contributed by atoms with Crippen molar-refractivity contribution in [2.75, 3.05) is 0 Å². The molecule has 2 heterocycles. The van der Waals surface area contributed by atoms with E-state index in [2.05, 4.69) is 0 Å². The van der Waals surface area contributed by atoms with Crippen LogP contribution in [0.1, 0.15) is 11.0 Å². The lowest BCUT2D eigenvalue weighted by Crippen LogP contribution is -2.17. The summed E-state index contributed by atoms with van der Waals surface area (Å²) in [5.74, 6) is -0.388. The van der Waals surface area contributed by atoms with Crippen molar-refractivity contribution in [2.24, 2.45) is 0 Å². The SMILES string of the molecule is O=C1C=C[C@H]([C@H](O)c2cccs2)O1. The van der Waals surface area contributed by atoms with E-state index in [9.17, 15) is 9.90 Å². The van der Waals surface area contributed by atoms with Gasteiger partial charge in [-0.15, -0.1) is 11.3 Å². The highest BCUT2D eigenvalue weighted by molar-refractivity contribution is 7.10. The van der Waals surface area contributed by atoms with Crippen LogP contribution in [0.4, 0.5) is 0 Å². The molecule has 1 aliphatic rings. The zero-order valence-corrected chi connectivity index (χ0v) is 7.53. The van der Waals surface area contributed by atoms with E-state index in [1.54, 1.807) is 6.08 Å². The Morgan fingerprint density at radius 2 is 2.46 bits per heavy atom. The molecular formula is C9H8O3S. The highest BCUT2D eigenvalue weighted by Gasteiger charge is 2.26. The van der Waals surface area contributed by atoms with E-state index in [0.717, 1.165) is 4.88 Å². The van der Waals surface area contributed by atoms with Crippen LogP contribution in [0.25, 0.3) is 0 Å². The molecule has 2 rings (SSSR count). The van der Waals surface area contributed by atoms with Crippen LogP contribution < -0.4 is 0 Å². The molecule has 3 nitrogen and oxygen atoms in total. The van der Waals surface area contributed by atoms with Crippen LogP contribution >= 0.6 is 11.3 Å². The number of hydrogen-bond acceptors (Lipinski definition) is 4. The van der Waals surface area contributed by atoms with Gasteiger partial charge in [0, 0.05) is 11.0 Å². The summed E-state index contributed by atoms with van der Waals surface area (Å²) in [5.41, 5.74) is 0. The summed E-state index contributed by atoms with van der Waals surface area (Å²) >= 11 is 1.44. The quantitative estimate of drug-likeness (QED) is 0.724. The lowest BCUT2D eigenvalue weighted by atomic mass is 10.2. The first-order valence-corrected chi connectivity index (χ1v) is 4.75. The summed E-state index contributed by atoms with van der Waals surface area (Å²) in [6.07, 6.45) is 1.66. The zero-order valence-electron chi connectivity index (χ0n) is 6.71. The summed E-state index contributed by atoms with van der Waals surface area (Å²) in [5, 5.41) is 11.6. The van der Waals surface area contributed by atoms with Crippen molar-refractivity contribution >= 4 is 17.3 Å². The molecule has 13 heavy (non-hydrogen) atoms. The van der Waals surface area contributed by atoms with Crippen LogP contribution in [0.5, 0.6) is 0 Å². The maximum atomic E-state index is 10.7. The first-order chi connectivity index (χ1) is 6.27. The van der Waals surface area contributed by atoms with Crippen LogP contribution in [0.2, 0.25) is 0 Å². The molecule has 1 N–H and O–H groups in total. The van der Waals surface area contributed by atoms with Crippen LogP contribution in [0.3, 0.4) is 0 Å². The van der Waals surface area contributed by atoms with Crippen molar-refractivity contribution in [1.29, 1.82) is 0 Å². The third kappa shape index (κ3) is 1.64. The minimum Gasteiger partial charge on any atom is -0.452 e. The summed E-state index contributed by atoms with van der Waals surface area (Å²) in [7, 11) is 0. The summed E-state index contributed by atoms with van der Waals surface area (Å²) in [6, 6.07) is 3.67. The van der Waals surface area contributed by atoms with Gasteiger partial charge in [-0.1, -0.05) is 6.07 Å². The standard InChI is InChI=1S/C9H8O3S/c10-8-4-3-6(12-8)9(11)7-2-1-5-13-7/h1-6,9,11H/t6-,9+/m1/s1. The second-order valence-corrected chi connectivity index (χ2v) is 3.70. The fourth-order valence-electron chi connectivity index (χ4n) is 1.18. The molecule has 1 aromatic heterocycles. The van der Waals surface area contributed by atoms with Gasteiger partial charge >= 0.3 is 5.97 Å². The third-order valence-electron chi connectivity index (χ3n) is 1.82. The van der Waals surface area contributed by atoms with Crippen molar-refractivity contribution in [3.8, 4) is 0 Å². The largest absolute Gasteiger partial charge is 0.452 e. The monoisotopic (exact) mass is 196 g/mol. The predicted molar refractivity (Wildman–Crippen MR) is 48.3 cm³/mol. The topological polar surface area (TPSA) is 46.5 Å². The molecule has 68 valence electrons. The molecule has 0 aliphatic carbocycles. The van der Waals surface area contributed by atoms with Gasteiger partial charge in [0.05, 0.1) is 0 Å². The highest BCUT2D eigenvalue weighted by atomic mass is 32.1. The van der Waals surface area contributed by atoms with Gasteiger partial charge in [-0.2, -0.15) is 0 Å². The van der Waals surface area contributed by atoms with Crippen LogP contribution in [-0.4, -0.2) is 17.2 Å². The van der Waals surface area contributed by atoms with E-state index in [0.29, 0.717) is 0 Å². The number of rotatable bonds is 2. The first kappa shape index (κ1) is 8.47. The number of carbonyl (C=O) groups is 1. The van der Waals surface area contributed by atoms with Gasteiger partial charge in [0.25, 0.3) is 0 Å². The Kier molecular flexibility index (Phi) is 2.16. The van der Waals surface area contributed by atoms with Gasteiger partial charge in [0.1, 0.15) is 6.10 Å². The summed E-state index contributed by atoms with van der Waals surface area (Å²) in [4.78, 5) is 11.5. The molecular weight excluding hydrogens is 188 g/mol. The van der Waals surface area contributed by atoms with Crippen LogP contribution in [-0.2, 0) is 9.53 Å². The number of ether oxygens (including phenoxy) is 1. The van der Waals surface area contributed by atoms with E-state index in [1.165, 1.54) is 17.4 Å². The minimum atomic E-state index is -0.734. The Bertz CT molecular complexity index is 329. The van der Waals surface area contributed by atoms with Gasteiger partial charge in [-0.05, 0) is 17.5 Å². The number of aliphatic hydroxyl groups excluding tert-OH is 1. The number of esters is 1. The lowest BCUT2D eigenvalue weighted by Gasteiger charge is -2.14. The van der Waals surface area contributed by atoms with E-state index < -0.39 is 12.2 Å². The average Bonchev–Trinajstić information content (AvgIpc) is 2.72. The van der Waals surface area contributed by atoms with E-state index in [4.69, 9.17) is 4.74 Å². The molecule has 0 fully saturated rings. The van der Waals surface area contributed by atoms with Crippen molar-refractivity contribution in [1.82, 2.24) is 0 Å². The normalized spacial score (nSPS) is 23.2. The summed E-state index contributed by atoms with van der Waals surface area (Å²) in [6.45, 7) is 0. The Balaban J connectivity index is 2.11. The third-order valence-corrected chi connectivity index (χ3v) is 2.76. The number of hydrogen-bond donors (Lipinski definition) is 1. The highest BCUT2D eigenvalue weighted by Crippen LogP contribution is 2.26. The molecule has 0 unspecified atom stereocenters.